The lowest BCUT2D eigenvalue weighted by Crippen LogP contribution is -2.48. The first kappa shape index (κ1) is 21.0. The van der Waals surface area contributed by atoms with E-state index in [4.69, 9.17) is 4.74 Å². The molecule has 1 fully saturated rings. The number of nitrogens with one attached hydrogen (secondary N) is 1. The van der Waals surface area contributed by atoms with Gasteiger partial charge in [0.1, 0.15) is 12.7 Å². The molecule has 1 aliphatic carbocycles. The molecule has 1 aromatic rings. The molecule has 26 heavy (non-hydrogen) atoms. The highest BCUT2D eigenvalue weighted by Crippen LogP contribution is 2.33. The Labute approximate surface area is 159 Å². The van der Waals surface area contributed by atoms with Crippen LogP contribution in [0.15, 0.2) is 30.3 Å². The fraction of sp³-hybridized carbons (Fsp3) is 0.632. The fourth-order valence-corrected chi connectivity index (χ4v) is 4.35. The van der Waals surface area contributed by atoms with Crippen molar-refractivity contribution in [1.82, 2.24) is 5.32 Å². The first-order chi connectivity index (χ1) is 12.5. The fourth-order valence-electron chi connectivity index (χ4n) is 3.13. The van der Waals surface area contributed by atoms with Gasteiger partial charge in [0, 0.05) is 11.8 Å². The minimum absolute atomic E-state index is 0.0257. The molecule has 0 heterocycles. The second-order valence-corrected chi connectivity index (χ2v) is 8.19. The van der Waals surface area contributed by atoms with Gasteiger partial charge < -0.3 is 25.4 Å². The molecule has 1 aliphatic rings. The lowest BCUT2D eigenvalue weighted by Gasteiger charge is -2.38. The van der Waals surface area contributed by atoms with E-state index in [1.54, 1.807) is 11.8 Å². The van der Waals surface area contributed by atoms with Crippen LogP contribution in [-0.4, -0.2) is 57.3 Å². The minimum atomic E-state index is -1.06. The number of ether oxygens (including phenoxy) is 1. The summed E-state index contributed by atoms with van der Waals surface area (Å²) in [6, 6.07) is 9.52. The van der Waals surface area contributed by atoms with Crippen LogP contribution in [0, 0.1) is 5.92 Å². The van der Waals surface area contributed by atoms with Crippen LogP contribution in [-0.2, 0) is 11.3 Å². The lowest BCUT2D eigenvalue weighted by atomic mass is 9.81. The van der Waals surface area contributed by atoms with Gasteiger partial charge in [-0.15, -0.1) is 0 Å². The van der Waals surface area contributed by atoms with Crippen molar-refractivity contribution in [3.63, 3.8) is 0 Å². The molecule has 0 aliphatic heterocycles. The second-order valence-electron chi connectivity index (χ2n) is 6.71. The van der Waals surface area contributed by atoms with Gasteiger partial charge in [-0.2, -0.15) is 11.8 Å². The van der Waals surface area contributed by atoms with Gasteiger partial charge in [0.2, 0.25) is 0 Å². The van der Waals surface area contributed by atoms with Gasteiger partial charge in [-0.1, -0.05) is 37.3 Å². The summed E-state index contributed by atoms with van der Waals surface area (Å²) >= 11 is 1.71. The zero-order valence-corrected chi connectivity index (χ0v) is 15.9. The molecule has 7 heteroatoms. The van der Waals surface area contributed by atoms with E-state index < -0.39 is 24.4 Å². The number of alkyl carbamates (subject to hydrolysis) is 1. The van der Waals surface area contributed by atoms with Gasteiger partial charge in [0.25, 0.3) is 0 Å². The monoisotopic (exact) mass is 383 g/mol. The van der Waals surface area contributed by atoms with Gasteiger partial charge in [-0.3, -0.25) is 0 Å². The largest absolute Gasteiger partial charge is 0.445 e. The number of benzene rings is 1. The van der Waals surface area contributed by atoms with Crippen LogP contribution >= 0.6 is 11.8 Å². The standard InChI is InChI=1S/C19H29NO5S/c1-13(15-8-9-16(21)18(23)17(15)22)26-11-5-10-20-19(24)25-12-14-6-3-2-4-7-14/h2-4,6-7,13,15-18,21-23H,5,8-12H2,1H3,(H,20,24)/t13-,15?,16-,17+,18+/m0/s1. The molecule has 1 unspecified atom stereocenters. The van der Waals surface area contributed by atoms with Crippen LogP contribution in [0.4, 0.5) is 4.79 Å². The van der Waals surface area contributed by atoms with Gasteiger partial charge in [0.15, 0.2) is 0 Å². The predicted molar refractivity (Wildman–Crippen MR) is 102 cm³/mol. The Morgan fingerprint density at radius 3 is 2.69 bits per heavy atom. The number of carbonyl (C=O) groups is 1. The number of hydrogen-bond acceptors (Lipinski definition) is 6. The first-order valence-electron chi connectivity index (χ1n) is 9.09. The van der Waals surface area contributed by atoms with Crippen LogP contribution in [0.2, 0.25) is 0 Å². The third-order valence-corrected chi connectivity index (χ3v) is 6.17. The van der Waals surface area contributed by atoms with Gasteiger partial charge in [-0.25, -0.2) is 4.79 Å². The van der Waals surface area contributed by atoms with Gasteiger partial charge >= 0.3 is 6.09 Å². The van der Waals surface area contributed by atoms with E-state index in [9.17, 15) is 20.1 Å². The summed E-state index contributed by atoms with van der Waals surface area (Å²) in [7, 11) is 0. The van der Waals surface area contributed by atoms with E-state index in [0.29, 0.717) is 19.4 Å². The number of amides is 1. The van der Waals surface area contributed by atoms with Crippen LogP contribution in [0.3, 0.4) is 0 Å². The Balaban J connectivity index is 1.56. The molecule has 0 spiro atoms. The maximum atomic E-state index is 11.6. The maximum absolute atomic E-state index is 11.6. The molecule has 6 nitrogen and oxygen atoms in total. The van der Waals surface area contributed by atoms with Crippen molar-refractivity contribution in [2.24, 2.45) is 5.92 Å². The van der Waals surface area contributed by atoms with Crippen LogP contribution in [0.1, 0.15) is 31.7 Å². The Bertz CT molecular complexity index is 544. The van der Waals surface area contributed by atoms with Crippen molar-refractivity contribution in [3.8, 4) is 0 Å². The molecule has 0 aromatic heterocycles. The quantitative estimate of drug-likeness (QED) is 0.512. The maximum Gasteiger partial charge on any atom is 0.407 e. The zero-order valence-electron chi connectivity index (χ0n) is 15.1. The van der Waals surface area contributed by atoms with Crippen molar-refractivity contribution in [3.05, 3.63) is 35.9 Å². The van der Waals surface area contributed by atoms with Gasteiger partial charge in [0.05, 0.1) is 12.2 Å². The number of aliphatic hydroxyl groups excluding tert-OH is 3. The smallest absolute Gasteiger partial charge is 0.407 e. The van der Waals surface area contributed by atoms with Crippen molar-refractivity contribution in [2.75, 3.05) is 12.3 Å². The summed E-state index contributed by atoms with van der Waals surface area (Å²) in [6.45, 7) is 2.82. The number of rotatable bonds is 8. The van der Waals surface area contributed by atoms with Crippen LogP contribution < -0.4 is 5.32 Å². The molecule has 1 amide bonds. The number of hydrogen-bond donors (Lipinski definition) is 4. The van der Waals surface area contributed by atoms with Crippen LogP contribution in [0.25, 0.3) is 0 Å². The van der Waals surface area contributed by atoms with Crippen molar-refractivity contribution in [2.45, 2.75) is 56.4 Å². The minimum Gasteiger partial charge on any atom is -0.445 e. The van der Waals surface area contributed by atoms with E-state index in [0.717, 1.165) is 17.7 Å². The Kier molecular flexibility index (Phi) is 8.71. The molecule has 5 atom stereocenters. The van der Waals surface area contributed by atoms with E-state index in [2.05, 4.69) is 5.32 Å². The molecule has 1 saturated carbocycles. The highest BCUT2D eigenvalue weighted by Gasteiger charge is 2.38. The molecule has 0 bridgehead atoms. The molecule has 4 N–H and O–H groups in total. The average molecular weight is 384 g/mol. The second kappa shape index (κ2) is 10.8. The predicted octanol–water partition coefficient (Wildman–Crippen LogP) is 1.92. The van der Waals surface area contributed by atoms with E-state index in [1.807, 2.05) is 37.3 Å². The Morgan fingerprint density at radius 1 is 1.23 bits per heavy atom. The Hall–Kier alpha value is -1.28. The van der Waals surface area contributed by atoms with E-state index in [1.165, 1.54) is 0 Å². The van der Waals surface area contributed by atoms with Crippen molar-refractivity contribution >= 4 is 17.9 Å². The molecule has 0 saturated heterocycles. The summed E-state index contributed by atoms with van der Waals surface area (Å²) in [5, 5.41) is 32.4. The molecule has 146 valence electrons. The third kappa shape index (κ3) is 6.46. The number of thioether (sulfide) groups is 1. The normalized spacial score (nSPS) is 26.9. The van der Waals surface area contributed by atoms with E-state index in [-0.39, 0.29) is 17.8 Å². The molecule has 0 radical (unpaired) electrons. The summed E-state index contributed by atoms with van der Waals surface area (Å²) in [5.41, 5.74) is 0.949. The van der Waals surface area contributed by atoms with Gasteiger partial charge in [-0.05, 0) is 36.5 Å². The highest BCUT2D eigenvalue weighted by molar-refractivity contribution is 7.99. The molecule has 1 aromatic carbocycles. The summed E-state index contributed by atoms with van der Waals surface area (Å²) in [4.78, 5) is 11.6. The zero-order chi connectivity index (χ0) is 18.9. The SMILES string of the molecule is C[C@H](SCCCNC(=O)OCc1ccccc1)C1CC[C@H](O)[C@@H](O)[C@@H]1O. The summed E-state index contributed by atoms with van der Waals surface area (Å²) < 4.78 is 5.15. The molecular formula is C19H29NO5S. The van der Waals surface area contributed by atoms with Crippen LogP contribution in [0.5, 0.6) is 0 Å². The molecule has 2 rings (SSSR count). The molecular weight excluding hydrogens is 354 g/mol. The Morgan fingerprint density at radius 2 is 1.96 bits per heavy atom. The highest BCUT2D eigenvalue weighted by atomic mass is 32.2. The first-order valence-corrected chi connectivity index (χ1v) is 10.1. The number of carbonyl (C=O) groups excluding carboxylic acids is 1. The number of aliphatic hydroxyl groups is 3. The topological polar surface area (TPSA) is 99.0 Å². The van der Waals surface area contributed by atoms with Crippen molar-refractivity contribution in [1.29, 1.82) is 0 Å². The summed E-state index contributed by atoms with van der Waals surface area (Å²) in [5.74, 6) is 0.810. The van der Waals surface area contributed by atoms with Crippen molar-refractivity contribution < 1.29 is 24.9 Å². The van der Waals surface area contributed by atoms with E-state index >= 15 is 0 Å². The lowest BCUT2D eigenvalue weighted by molar-refractivity contribution is -0.109. The average Bonchev–Trinajstić information content (AvgIpc) is 2.65. The summed E-state index contributed by atoms with van der Waals surface area (Å²) in [6.07, 6.45) is -1.18. The third-order valence-electron chi connectivity index (χ3n) is 4.77.